The van der Waals surface area contributed by atoms with Gasteiger partial charge in [-0.3, -0.25) is 0 Å². The van der Waals surface area contributed by atoms with Gasteiger partial charge >= 0.3 is 12.1 Å². The van der Waals surface area contributed by atoms with Crippen LogP contribution < -0.4 is 5.32 Å². The lowest BCUT2D eigenvalue weighted by Gasteiger charge is -2.20. The third kappa shape index (κ3) is 7.64. The topological polar surface area (TPSA) is 84.9 Å². The summed E-state index contributed by atoms with van der Waals surface area (Å²) < 4.78 is 10.5. The van der Waals surface area contributed by atoms with E-state index >= 15 is 0 Å². The second kappa shape index (κ2) is 8.38. The molecule has 22 heavy (non-hydrogen) atoms. The van der Waals surface area contributed by atoms with Crippen LogP contribution in [0.15, 0.2) is 30.3 Å². The van der Waals surface area contributed by atoms with Crippen LogP contribution in [-0.4, -0.2) is 35.4 Å². The molecule has 6 nitrogen and oxygen atoms in total. The molecule has 1 amide bonds. The summed E-state index contributed by atoms with van der Waals surface area (Å²) in [6.45, 7) is 5.66. The van der Waals surface area contributed by atoms with Gasteiger partial charge in [0.1, 0.15) is 5.60 Å². The van der Waals surface area contributed by atoms with Crippen LogP contribution in [0.25, 0.3) is 0 Å². The van der Waals surface area contributed by atoms with Gasteiger partial charge in [0.15, 0.2) is 6.10 Å². The SMILES string of the molecule is CC(C)(C)OC(=O)NCC[C@H](OCc1ccccc1)C(=O)O. The highest BCUT2D eigenvalue weighted by molar-refractivity contribution is 5.72. The number of carbonyl (C=O) groups excluding carboxylic acids is 1. The van der Waals surface area contributed by atoms with E-state index in [0.717, 1.165) is 5.56 Å². The van der Waals surface area contributed by atoms with Crippen molar-refractivity contribution in [1.82, 2.24) is 5.32 Å². The van der Waals surface area contributed by atoms with E-state index in [2.05, 4.69) is 5.32 Å². The number of aliphatic carboxylic acids is 1. The van der Waals surface area contributed by atoms with Gasteiger partial charge in [0.25, 0.3) is 0 Å². The first kappa shape index (κ1) is 18.0. The second-order valence-corrected chi connectivity index (χ2v) is 5.84. The number of nitrogens with one attached hydrogen (secondary N) is 1. The Kier molecular flexibility index (Phi) is 6.85. The first-order valence-electron chi connectivity index (χ1n) is 7.13. The minimum atomic E-state index is -1.05. The lowest BCUT2D eigenvalue weighted by atomic mass is 10.2. The summed E-state index contributed by atoms with van der Waals surface area (Å²) >= 11 is 0. The lowest BCUT2D eigenvalue weighted by Crippen LogP contribution is -2.35. The number of carbonyl (C=O) groups is 2. The molecule has 0 saturated heterocycles. The highest BCUT2D eigenvalue weighted by Crippen LogP contribution is 2.08. The fraction of sp³-hybridized carbons (Fsp3) is 0.500. The molecule has 0 aliphatic carbocycles. The van der Waals surface area contributed by atoms with Crippen LogP contribution in [0.2, 0.25) is 0 Å². The zero-order valence-corrected chi connectivity index (χ0v) is 13.2. The monoisotopic (exact) mass is 309 g/mol. The van der Waals surface area contributed by atoms with Gasteiger partial charge in [-0.2, -0.15) is 0 Å². The zero-order valence-electron chi connectivity index (χ0n) is 13.2. The third-order valence-corrected chi connectivity index (χ3v) is 2.64. The number of carboxylic acids is 1. The summed E-state index contributed by atoms with van der Waals surface area (Å²) in [6.07, 6.45) is -1.38. The van der Waals surface area contributed by atoms with Crippen LogP contribution >= 0.6 is 0 Å². The Morgan fingerprint density at radius 1 is 1.23 bits per heavy atom. The average Bonchev–Trinajstić information content (AvgIpc) is 2.41. The molecule has 0 aliphatic heterocycles. The first-order chi connectivity index (χ1) is 10.3. The Hall–Kier alpha value is -2.08. The van der Waals surface area contributed by atoms with Crippen LogP contribution in [0.3, 0.4) is 0 Å². The molecular formula is C16H23NO5. The van der Waals surface area contributed by atoms with Gasteiger partial charge in [-0.25, -0.2) is 9.59 Å². The molecule has 0 heterocycles. The van der Waals surface area contributed by atoms with Crippen LogP contribution in [-0.2, 0) is 20.9 Å². The Labute approximate surface area is 130 Å². The van der Waals surface area contributed by atoms with Crippen molar-refractivity contribution in [1.29, 1.82) is 0 Å². The molecule has 0 radical (unpaired) electrons. The highest BCUT2D eigenvalue weighted by Gasteiger charge is 2.20. The molecule has 1 atom stereocenters. The minimum absolute atomic E-state index is 0.167. The number of hydrogen-bond donors (Lipinski definition) is 2. The molecule has 0 spiro atoms. The molecule has 6 heteroatoms. The summed E-state index contributed by atoms with van der Waals surface area (Å²) in [6, 6.07) is 9.32. The fourth-order valence-corrected chi connectivity index (χ4v) is 1.67. The van der Waals surface area contributed by atoms with E-state index in [4.69, 9.17) is 14.6 Å². The number of rotatable bonds is 7. The highest BCUT2D eigenvalue weighted by atomic mass is 16.6. The van der Waals surface area contributed by atoms with Gasteiger partial charge in [-0.15, -0.1) is 0 Å². The maximum absolute atomic E-state index is 11.5. The van der Waals surface area contributed by atoms with Gasteiger partial charge in [0.05, 0.1) is 6.61 Å². The minimum Gasteiger partial charge on any atom is -0.479 e. The second-order valence-electron chi connectivity index (χ2n) is 5.84. The summed E-state index contributed by atoms with van der Waals surface area (Å²) in [5.74, 6) is -1.05. The molecule has 0 aliphatic rings. The Bertz CT molecular complexity index is 481. The van der Waals surface area contributed by atoms with Crippen molar-refractivity contribution in [2.75, 3.05) is 6.54 Å². The van der Waals surface area contributed by atoms with Crippen molar-refractivity contribution in [2.24, 2.45) is 0 Å². The third-order valence-electron chi connectivity index (χ3n) is 2.64. The number of ether oxygens (including phenoxy) is 2. The van der Waals surface area contributed by atoms with Gasteiger partial charge < -0.3 is 19.9 Å². The number of benzene rings is 1. The number of alkyl carbamates (subject to hydrolysis) is 1. The van der Waals surface area contributed by atoms with Crippen molar-refractivity contribution >= 4 is 12.1 Å². The molecule has 1 aromatic carbocycles. The Morgan fingerprint density at radius 3 is 2.41 bits per heavy atom. The van der Waals surface area contributed by atoms with E-state index in [0.29, 0.717) is 0 Å². The van der Waals surface area contributed by atoms with Gasteiger partial charge in [0.2, 0.25) is 0 Å². The Morgan fingerprint density at radius 2 is 1.86 bits per heavy atom. The molecule has 0 bridgehead atoms. The van der Waals surface area contributed by atoms with E-state index in [1.165, 1.54) is 0 Å². The van der Waals surface area contributed by atoms with Crippen LogP contribution in [0.5, 0.6) is 0 Å². The first-order valence-corrected chi connectivity index (χ1v) is 7.13. The van der Waals surface area contributed by atoms with Crippen LogP contribution in [0, 0.1) is 0 Å². The molecule has 1 rings (SSSR count). The van der Waals surface area contributed by atoms with Crippen molar-refractivity contribution < 1.29 is 24.2 Å². The lowest BCUT2D eigenvalue weighted by molar-refractivity contribution is -0.151. The van der Waals surface area contributed by atoms with E-state index in [-0.39, 0.29) is 19.6 Å². The van der Waals surface area contributed by atoms with Crippen molar-refractivity contribution in [3.63, 3.8) is 0 Å². The number of carboxylic acid groups (broad SMARTS) is 1. The van der Waals surface area contributed by atoms with E-state index in [1.807, 2.05) is 30.3 Å². The molecule has 0 aromatic heterocycles. The van der Waals surface area contributed by atoms with Crippen molar-refractivity contribution in [3.05, 3.63) is 35.9 Å². The fourth-order valence-electron chi connectivity index (χ4n) is 1.67. The molecule has 0 fully saturated rings. The van der Waals surface area contributed by atoms with Crippen LogP contribution in [0.1, 0.15) is 32.8 Å². The standard InChI is InChI=1S/C16H23NO5/c1-16(2,3)22-15(20)17-10-9-13(14(18)19)21-11-12-7-5-4-6-8-12/h4-8,13H,9-11H2,1-3H3,(H,17,20)(H,18,19)/t13-/m0/s1. The molecule has 2 N–H and O–H groups in total. The largest absolute Gasteiger partial charge is 0.479 e. The van der Waals surface area contributed by atoms with Gasteiger partial charge in [0, 0.05) is 13.0 Å². The summed E-state index contributed by atoms with van der Waals surface area (Å²) in [4.78, 5) is 22.6. The van der Waals surface area contributed by atoms with Crippen LogP contribution in [0.4, 0.5) is 4.79 Å². The molecule has 0 unspecified atom stereocenters. The summed E-state index contributed by atoms with van der Waals surface area (Å²) in [5, 5.41) is 11.7. The maximum Gasteiger partial charge on any atom is 0.407 e. The van der Waals surface area contributed by atoms with E-state index in [9.17, 15) is 9.59 Å². The van der Waals surface area contributed by atoms with Crippen molar-refractivity contribution in [3.8, 4) is 0 Å². The predicted molar refractivity (Wildman–Crippen MR) is 81.5 cm³/mol. The molecule has 0 saturated carbocycles. The maximum atomic E-state index is 11.5. The molecule has 122 valence electrons. The molecular weight excluding hydrogens is 286 g/mol. The quantitative estimate of drug-likeness (QED) is 0.808. The number of amides is 1. The number of hydrogen-bond acceptors (Lipinski definition) is 4. The summed E-state index contributed by atoms with van der Waals surface area (Å²) in [5.41, 5.74) is 0.314. The average molecular weight is 309 g/mol. The molecule has 1 aromatic rings. The smallest absolute Gasteiger partial charge is 0.407 e. The Balaban J connectivity index is 2.35. The summed E-state index contributed by atoms with van der Waals surface area (Å²) in [7, 11) is 0. The van der Waals surface area contributed by atoms with Gasteiger partial charge in [-0.05, 0) is 26.3 Å². The van der Waals surface area contributed by atoms with E-state index in [1.54, 1.807) is 20.8 Å². The van der Waals surface area contributed by atoms with Crippen molar-refractivity contribution in [2.45, 2.75) is 45.5 Å². The predicted octanol–water partition coefficient (Wildman–Crippen LogP) is 2.57. The normalized spacial score (nSPS) is 12.5. The van der Waals surface area contributed by atoms with Gasteiger partial charge in [-0.1, -0.05) is 30.3 Å². The van der Waals surface area contributed by atoms with E-state index < -0.39 is 23.8 Å². The zero-order chi connectivity index (χ0) is 16.6.